The highest BCUT2D eigenvalue weighted by molar-refractivity contribution is 14.0. The smallest absolute Gasteiger partial charge is 0.387 e. The van der Waals surface area contributed by atoms with Gasteiger partial charge in [-0.05, 0) is 37.4 Å². The van der Waals surface area contributed by atoms with Gasteiger partial charge in [0.2, 0.25) is 0 Å². The predicted molar refractivity (Wildman–Crippen MR) is 109 cm³/mol. The lowest BCUT2D eigenvalue weighted by Gasteiger charge is -2.17. The van der Waals surface area contributed by atoms with Crippen molar-refractivity contribution >= 4 is 41.3 Å². The molecule has 144 valence electrons. The molecule has 1 heterocycles. The van der Waals surface area contributed by atoms with Crippen LogP contribution >= 0.6 is 35.3 Å². The molecule has 0 aliphatic carbocycles. The van der Waals surface area contributed by atoms with E-state index in [9.17, 15) is 13.2 Å². The molecule has 0 aliphatic heterocycles. The minimum absolute atomic E-state index is 0. The molecule has 1 aromatic carbocycles. The minimum atomic E-state index is -3.02. The summed E-state index contributed by atoms with van der Waals surface area (Å²) in [5.74, 6) is -0.375. The summed E-state index contributed by atoms with van der Waals surface area (Å²) in [5, 5.41) is 8.24. The quantitative estimate of drug-likeness (QED) is 0.323. The van der Waals surface area contributed by atoms with Crippen LogP contribution in [0.5, 0.6) is 5.75 Å². The van der Waals surface area contributed by atoms with Crippen LogP contribution in [0.2, 0.25) is 0 Å². The molecule has 0 saturated heterocycles. The molecule has 0 spiro atoms. The zero-order valence-electron chi connectivity index (χ0n) is 14.3. The summed E-state index contributed by atoms with van der Waals surface area (Å²) in [7, 11) is 0. The number of hydrogen-bond acceptors (Lipinski definition) is 3. The SMILES string of the molecule is CCNC(=NCc1c(F)cccc1OC(F)F)NC(C)c1cccs1.I. The first kappa shape index (κ1) is 22.6. The molecule has 0 bridgehead atoms. The largest absolute Gasteiger partial charge is 0.434 e. The highest BCUT2D eigenvalue weighted by Crippen LogP contribution is 2.24. The van der Waals surface area contributed by atoms with E-state index in [2.05, 4.69) is 20.4 Å². The maximum absolute atomic E-state index is 14.0. The van der Waals surface area contributed by atoms with E-state index in [0.29, 0.717) is 12.5 Å². The van der Waals surface area contributed by atoms with Gasteiger partial charge in [0, 0.05) is 11.4 Å². The van der Waals surface area contributed by atoms with Gasteiger partial charge in [0.1, 0.15) is 11.6 Å². The average molecular weight is 499 g/mol. The minimum Gasteiger partial charge on any atom is -0.434 e. The Kier molecular flexibility index (Phi) is 9.78. The Bertz CT molecular complexity index is 699. The molecule has 2 N–H and O–H groups in total. The van der Waals surface area contributed by atoms with Gasteiger partial charge in [-0.2, -0.15) is 8.78 Å². The van der Waals surface area contributed by atoms with Crippen LogP contribution < -0.4 is 15.4 Å². The molecule has 26 heavy (non-hydrogen) atoms. The second kappa shape index (κ2) is 11.3. The number of aliphatic imine (C=N–C) groups is 1. The third kappa shape index (κ3) is 6.67. The van der Waals surface area contributed by atoms with Crippen molar-refractivity contribution in [1.82, 2.24) is 10.6 Å². The molecule has 1 atom stereocenters. The number of thiophene rings is 1. The molecule has 0 aliphatic rings. The molecule has 0 amide bonds. The number of rotatable bonds is 7. The Morgan fingerprint density at radius 1 is 1.27 bits per heavy atom. The first-order valence-corrected chi connectivity index (χ1v) is 8.69. The van der Waals surface area contributed by atoms with Crippen LogP contribution in [0.15, 0.2) is 40.7 Å². The molecule has 0 radical (unpaired) electrons. The molecule has 1 unspecified atom stereocenters. The van der Waals surface area contributed by atoms with Gasteiger partial charge >= 0.3 is 6.61 Å². The molecule has 2 rings (SSSR count). The van der Waals surface area contributed by atoms with Gasteiger partial charge in [-0.15, -0.1) is 35.3 Å². The Morgan fingerprint density at radius 2 is 2.04 bits per heavy atom. The first-order chi connectivity index (χ1) is 12.0. The Morgan fingerprint density at radius 3 is 2.65 bits per heavy atom. The normalized spacial score (nSPS) is 12.5. The van der Waals surface area contributed by atoms with E-state index >= 15 is 0 Å². The van der Waals surface area contributed by atoms with Gasteiger partial charge < -0.3 is 15.4 Å². The van der Waals surface area contributed by atoms with Gasteiger partial charge in [0.05, 0.1) is 18.2 Å². The van der Waals surface area contributed by atoms with Crippen LogP contribution in [0.3, 0.4) is 0 Å². The maximum Gasteiger partial charge on any atom is 0.387 e. The maximum atomic E-state index is 14.0. The molecule has 2 aromatic rings. The van der Waals surface area contributed by atoms with Crippen molar-refractivity contribution in [3.05, 3.63) is 52.0 Å². The fourth-order valence-electron chi connectivity index (χ4n) is 2.19. The number of nitrogens with one attached hydrogen (secondary N) is 2. The third-order valence-corrected chi connectivity index (χ3v) is 4.41. The van der Waals surface area contributed by atoms with Crippen molar-refractivity contribution in [2.45, 2.75) is 33.0 Å². The number of benzene rings is 1. The number of hydrogen-bond donors (Lipinski definition) is 2. The fourth-order valence-corrected chi connectivity index (χ4v) is 2.93. The van der Waals surface area contributed by atoms with Crippen LogP contribution in [0.4, 0.5) is 13.2 Å². The standard InChI is InChI=1S/C17H20F3N3OS.HI/c1-3-21-17(23-11(2)15-8-5-9-25-15)22-10-12-13(18)6-4-7-14(12)24-16(19)20;/h4-9,11,16H,3,10H2,1-2H3,(H2,21,22,23);1H. The average Bonchev–Trinajstić information content (AvgIpc) is 3.08. The summed E-state index contributed by atoms with van der Waals surface area (Å²) in [6.45, 7) is 1.35. The van der Waals surface area contributed by atoms with E-state index in [4.69, 9.17) is 0 Å². The van der Waals surface area contributed by atoms with Gasteiger partial charge in [0.15, 0.2) is 5.96 Å². The second-order valence-electron chi connectivity index (χ2n) is 5.17. The highest BCUT2D eigenvalue weighted by Gasteiger charge is 2.14. The second-order valence-corrected chi connectivity index (χ2v) is 6.15. The van der Waals surface area contributed by atoms with E-state index in [0.717, 1.165) is 4.88 Å². The molecule has 1 aromatic heterocycles. The molecule has 4 nitrogen and oxygen atoms in total. The first-order valence-electron chi connectivity index (χ1n) is 7.81. The van der Waals surface area contributed by atoms with E-state index in [1.54, 1.807) is 11.3 Å². The summed E-state index contributed by atoms with van der Waals surface area (Å²) in [6.07, 6.45) is 0. The van der Waals surface area contributed by atoms with Crippen LogP contribution in [0, 0.1) is 5.82 Å². The zero-order chi connectivity index (χ0) is 18.2. The molecule has 0 fully saturated rings. The Labute approximate surface area is 171 Å². The predicted octanol–water partition coefficient (Wildman–Crippen LogP) is 4.92. The van der Waals surface area contributed by atoms with Gasteiger partial charge in [0.25, 0.3) is 0 Å². The lowest BCUT2D eigenvalue weighted by molar-refractivity contribution is -0.0506. The lowest BCUT2D eigenvalue weighted by atomic mass is 10.2. The van der Waals surface area contributed by atoms with Crippen LogP contribution in [0.25, 0.3) is 0 Å². The fraction of sp³-hybridized carbons (Fsp3) is 0.353. The number of halogens is 4. The Balaban J connectivity index is 0.00000338. The van der Waals surface area contributed by atoms with Crippen LogP contribution in [0.1, 0.15) is 30.3 Å². The topological polar surface area (TPSA) is 45.7 Å². The molecule has 0 saturated carbocycles. The zero-order valence-corrected chi connectivity index (χ0v) is 17.5. The number of ether oxygens (including phenoxy) is 1. The highest BCUT2D eigenvalue weighted by atomic mass is 127. The lowest BCUT2D eigenvalue weighted by Crippen LogP contribution is -2.38. The van der Waals surface area contributed by atoms with Gasteiger partial charge in [-0.25, -0.2) is 9.38 Å². The van der Waals surface area contributed by atoms with Crippen molar-refractivity contribution in [2.24, 2.45) is 4.99 Å². The summed E-state index contributed by atoms with van der Waals surface area (Å²) >= 11 is 1.61. The monoisotopic (exact) mass is 499 g/mol. The van der Waals surface area contributed by atoms with Gasteiger partial charge in [-0.3, -0.25) is 0 Å². The van der Waals surface area contributed by atoms with Crippen molar-refractivity contribution in [2.75, 3.05) is 6.54 Å². The molecular weight excluding hydrogens is 478 g/mol. The Hall–Kier alpha value is -1.49. The third-order valence-electron chi connectivity index (χ3n) is 3.35. The summed E-state index contributed by atoms with van der Waals surface area (Å²) < 4.78 is 43.3. The van der Waals surface area contributed by atoms with Crippen molar-refractivity contribution in [1.29, 1.82) is 0 Å². The van der Waals surface area contributed by atoms with Crippen molar-refractivity contribution in [3.63, 3.8) is 0 Å². The molecule has 9 heteroatoms. The van der Waals surface area contributed by atoms with Crippen molar-refractivity contribution in [3.8, 4) is 5.75 Å². The summed E-state index contributed by atoms with van der Waals surface area (Å²) in [5.41, 5.74) is -0.0104. The van der Waals surface area contributed by atoms with Crippen LogP contribution in [-0.2, 0) is 6.54 Å². The van der Waals surface area contributed by atoms with E-state index in [-0.39, 0.29) is 47.9 Å². The number of guanidine groups is 1. The van der Waals surface area contributed by atoms with E-state index < -0.39 is 12.4 Å². The van der Waals surface area contributed by atoms with E-state index in [1.165, 1.54) is 18.2 Å². The summed E-state index contributed by atoms with van der Waals surface area (Å²) in [4.78, 5) is 5.42. The van der Waals surface area contributed by atoms with Crippen molar-refractivity contribution < 1.29 is 17.9 Å². The van der Waals surface area contributed by atoms with Gasteiger partial charge in [-0.1, -0.05) is 12.1 Å². The number of nitrogens with zero attached hydrogens (tertiary/aromatic N) is 1. The molecular formula is C17H21F3IN3OS. The summed E-state index contributed by atoms with van der Waals surface area (Å²) in [6, 6.07) is 7.78. The number of alkyl halides is 2. The van der Waals surface area contributed by atoms with Crippen LogP contribution in [-0.4, -0.2) is 19.1 Å². The van der Waals surface area contributed by atoms with E-state index in [1.807, 2.05) is 31.4 Å².